The number of rotatable bonds is 2. The Morgan fingerprint density at radius 1 is 1.50 bits per heavy atom. The van der Waals surface area contributed by atoms with Crippen molar-refractivity contribution in [3.63, 3.8) is 0 Å². The fourth-order valence-electron chi connectivity index (χ4n) is 2.06. The van der Waals surface area contributed by atoms with Crippen LogP contribution in [0.25, 0.3) is 0 Å². The Bertz CT molecular complexity index is 258. The molecule has 0 spiro atoms. The minimum atomic E-state index is -0.350. The summed E-state index contributed by atoms with van der Waals surface area (Å²) in [4.78, 5) is 0. The van der Waals surface area contributed by atoms with Crippen LogP contribution in [-0.4, -0.2) is 12.1 Å². The van der Waals surface area contributed by atoms with Crippen molar-refractivity contribution in [1.82, 2.24) is 5.32 Å². The fourth-order valence-corrected chi connectivity index (χ4v) is 2.06. The Balaban J connectivity index is 2.60. The Kier molecular flexibility index (Phi) is 3.98. The van der Waals surface area contributed by atoms with Gasteiger partial charge in [-0.25, -0.2) is 0 Å². The van der Waals surface area contributed by atoms with Gasteiger partial charge in [0.05, 0.1) is 12.6 Å². The molecule has 0 saturated heterocycles. The summed E-state index contributed by atoms with van der Waals surface area (Å²) in [6, 6.07) is 2.41. The zero-order valence-corrected chi connectivity index (χ0v) is 8.84. The smallest absolute Gasteiger partial charge is 0.107 e. The SMILES string of the molecule is C#CCNC1(C#N)CCCC(C)CC1. The first-order chi connectivity index (χ1) is 6.72. The molecule has 0 aliphatic heterocycles. The molecule has 1 N–H and O–H groups in total. The van der Waals surface area contributed by atoms with E-state index in [1.54, 1.807) is 0 Å². The Morgan fingerprint density at radius 3 is 2.93 bits per heavy atom. The van der Waals surface area contributed by atoms with Crippen LogP contribution in [0.4, 0.5) is 0 Å². The average molecular weight is 190 g/mol. The minimum absolute atomic E-state index is 0.350. The third kappa shape index (κ3) is 2.76. The van der Waals surface area contributed by atoms with Crippen LogP contribution in [-0.2, 0) is 0 Å². The van der Waals surface area contributed by atoms with E-state index in [0.717, 1.165) is 31.6 Å². The lowest BCUT2D eigenvalue weighted by atomic mass is 9.91. The van der Waals surface area contributed by atoms with E-state index in [4.69, 9.17) is 6.42 Å². The largest absolute Gasteiger partial charge is 0.288 e. The molecule has 2 unspecified atom stereocenters. The van der Waals surface area contributed by atoms with Gasteiger partial charge in [-0.15, -0.1) is 6.42 Å². The second-order valence-corrected chi connectivity index (χ2v) is 4.29. The summed E-state index contributed by atoms with van der Waals surface area (Å²) < 4.78 is 0. The summed E-state index contributed by atoms with van der Waals surface area (Å²) in [5.41, 5.74) is -0.350. The lowest BCUT2D eigenvalue weighted by Gasteiger charge is -2.25. The van der Waals surface area contributed by atoms with Gasteiger partial charge in [0.1, 0.15) is 5.54 Å². The number of hydrogen-bond acceptors (Lipinski definition) is 2. The van der Waals surface area contributed by atoms with Gasteiger partial charge in [0.15, 0.2) is 0 Å². The Morgan fingerprint density at radius 2 is 2.29 bits per heavy atom. The van der Waals surface area contributed by atoms with E-state index in [1.165, 1.54) is 6.42 Å². The molecule has 0 heterocycles. The van der Waals surface area contributed by atoms with Gasteiger partial charge in [-0.2, -0.15) is 5.26 Å². The van der Waals surface area contributed by atoms with Gasteiger partial charge in [-0.1, -0.05) is 25.7 Å². The van der Waals surface area contributed by atoms with E-state index in [-0.39, 0.29) is 5.54 Å². The van der Waals surface area contributed by atoms with Crippen LogP contribution in [0.1, 0.15) is 39.0 Å². The lowest BCUT2D eigenvalue weighted by Crippen LogP contribution is -2.43. The van der Waals surface area contributed by atoms with Gasteiger partial charge < -0.3 is 0 Å². The van der Waals surface area contributed by atoms with Crippen molar-refractivity contribution in [2.24, 2.45) is 5.92 Å². The van der Waals surface area contributed by atoms with Crippen molar-refractivity contribution in [1.29, 1.82) is 5.26 Å². The fraction of sp³-hybridized carbons (Fsp3) is 0.750. The van der Waals surface area contributed by atoms with Crippen molar-refractivity contribution in [2.45, 2.75) is 44.6 Å². The van der Waals surface area contributed by atoms with Gasteiger partial charge in [0, 0.05) is 0 Å². The first kappa shape index (κ1) is 11.1. The molecule has 0 radical (unpaired) electrons. The molecule has 2 atom stereocenters. The molecular formula is C12H18N2. The molecule has 14 heavy (non-hydrogen) atoms. The van der Waals surface area contributed by atoms with E-state index >= 15 is 0 Å². The highest BCUT2D eigenvalue weighted by atomic mass is 15.0. The monoisotopic (exact) mass is 190 g/mol. The molecule has 1 aliphatic carbocycles. The van der Waals surface area contributed by atoms with E-state index in [0.29, 0.717) is 6.54 Å². The molecule has 1 saturated carbocycles. The quantitative estimate of drug-likeness (QED) is 0.534. The summed E-state index contributed by atoms with van der Waals surface area (Å²) in [7, 11) is 0. The highest BCUT2D eigenvalue weighted by molar-refractivity contribution is 5.09. The highest BCUT2D eigenvalue weighted by Crippen LogP contribution is 2.29. The Labute approximate surface area is 86.7 Å². The third-order valence-corrected chi connectivity index (χ3v) is 3.11. The summed E-state index contributed by atoms with van der Waals surface area (Å²) in [5, 5.41) is 12.4. The van der Waals surface area contributed by atoms with Gasteiger partial charge >= 0.3 is 0 Å². The average Bonchev–Trinajstić information content (AvgIpc) is 2.39. The van der Waals surface area contributed by atoms with E-state index < -0.39 is 0 Å². The van der Waals surface area contributed by atoms with Crippen molar-refractivity contribution in [3.05, 3.63) is 0 Å². The maximum Gasteiger partial charge on any atom is 0.107 e. The highest BCUT2D eigenvalue weighted by Gasteiger charge is 2.31. The molecule has 1 rings (SSSR count). The number of nitrogens with one attached hydrogen (secondary N) is 1. The van der Waals surface area contributed by atoms with Crippen LogP contribution in [0.3, 0.4) is 0 Å². The first-order valence-corrected chi connectivity index (χ1v) is 5.32. The van der Waals surface area contributed by atoms with E-state index in [1.807, 2.05) is 0 Å². The van der Waals surface area contributed by atoms with Crippen molar-refractivity contribution >= 4 is 0 Å². The second-order valence-electron chi connectivity index (χ2n) is 4.29. The molecule has 0 aromatic heterocycles. The summed E-state index contributed by atoms with van der Waals surface area (Å²) in [5.74, 6) is 3.29. The topological polar surface area (TPSA) is 35.8 Å². The van der Waals surface area contributed by atoms with Gasteiger partial charge in [-0.3, -0.25) is 5.32 Å². The van der Waals surface area contributed by atoms with Gasteiger partial charge in [-0.05, 0) is 25.2 Å². The molecular weight excluding hydrogens is 172 g/mol. The minimum Gasteiger partial charge on any atom is -0.288 e. The molecule has 0 bridgehead atoms. The summed E-state index contributed by atoms with van der Waals surface area (Å²) >= 11 is 0. The second kappa shape index (κ2) is 5.03. The Hall–Kier alpha value is -0.990. The number of terminal acetylenes is 1. The molecule has 1 aliphatic rings. The van der Waals surface area contributed by atoms with Crippen LogP contribution in [0, 0.1) is 29.6 Å². The van der Waals surface area contributed by atoms with Gasteiger partial charge in [0.25, 0.3) is 0 Å². The summed E-state index contributed by atoms with van der Waals surface area (Å²) in [6.07, 6.45) is 10.6. The molecule has 0 amide bonds. The molecule has 0 aromatic carbocycles. The lowest BCUT2D eigenvalue weighted by molar-refractivity contribution is 0.377. The standard InChI is InChI=1S/C12H18N2/c1-3-9-14-12(10-13)7-4-5-11(2)6-8-12/h1,11,14H,4-9H2,2H3. The molecule has 1 fully saturated rings. The number of nitrogens with zero attached hydrogens (tertiary/aromatic N) is 1. The predicted octanol–water partition coefficient (Wildman–Crippen LogP) is 2.07. The van der Waals surface area contributed by atoms with Crippen LogP contribution in [0.15, 0.2) is 0 Å². The summed E-state index contributed by atoms with van der Waals surface area (Å²) in [6.45, 7) is 2.76. The van der Waals surface area contributed by atoms with Crippen molar-refractivity contribution in [2.75, 3.05) is 6.54 Å². The maximum absolute atomic E-state index is 9.20. The van der Waals surface area contributed by atoms with Crippen molar-refractivity contribution in [3.8, 4) is 18.4 Å². The predicted molar refractivity (Wildman–Crippen MR) is 57.4 cm³/mol. The molecule has 76 valence electrons. The van der Waals surface area contributed by atoms with Crippen LogP contribution in [0.5, 0.6) is 0 Å². The first-order valence-electron chi connectivity index (χ1n) is 5.32. The van der Waals surface area contributed by atoms with Crippen LogP contribution in [0.2, 0.25) is 0 Å². The molecule has 2 nitrogen and oxygen atoms in total. The zero-order valence-electron chi connectivity index (χ0n) is 8.84. The van der Waals surface area contributed by atoms with Crippen molar-refractivity contribution < 1.29 is 0 Å². The number of nitriles is 1. The van der Waals surface area contributed by atoms with E-state index in [9.17, 15) is 5.26 Å². The normalized spacial score (nSPS) is 32.6. The van der Waals surface area contributed by atoms with Crippen LogP contribution >= 0.6 is 0 Å². The number of hydrogen-bond donors (Lipinski definition) is 1. The molecule has 2 heteroatoms. The van der Waals surface area contributed by atoms with Crippen LogP contribution < -0.4 is 5.32 Å². The zero-order chi connectivity index (χ0) is 10.4. The van der Waals surface area contributed by atoms with E-state index in [2.05, 4.69) is 24.2 Å². The van der Waals surface area contributed by atoms with Gasteiger partial charge in [0.2, 0.25) is 0 Å². The third-order valence-electron chi connectivity index (χ3n) is 3.11. The molecule has 0 aromatic rings. The maximum atomic E-state index is 9.20.